The highest BCUT2D eigenvalue weighted by atomic mass is 35.5. The third-order valence-corrected chi connectivity index (χ3v) is 8.08. The SMILES string of the molecule is Cc1cccc(CNC(=O)c2ccc(-c3nc4cnc(NCc5ccc(F)c(F)c5)nc4n3C[C@@H]3CCCNC3)c(Cl)c2)c1. The van der Waals surface area contributed by atoms with Crippen molar-refractivity contribution < 1.29 is 13.6 Å². The molecule has 1 aliphatic heterocycles. The maximum absolute atomic E-state index is 13.7. The van der Waals surface area contributed by atoms with Gasteiger partial charge in [0.2, 0.25) is 5.95 Å². The lowest BCUT2D eigenvalue weighted by Crippen LogP contribution is -2.32. The van der Waals surface area contributed by atoms with E-state index in [1.165, 1.54) is 6.07 Å². The van der Waals surface area contributed by atoms with E-state index < -0.39 is 11.6 Å². The van der Waals surface area contributed by atoms with Gasteiger partial charge in [0, 0.05) is 30.8 Å². The van der Waals surface area contributed by atoms with Crippen LogP contribution in [0.1, 0.15) is 39.9 Å². The lowest BCUT2D eigenvalue weighted by molar-refractivity contribution is 0.0951. The van der Waals surface area contributed by atoms with Crippen LogP contribution in [0.2, 0.25) is 5.02 Å². The molecule has 226 valence electrons. The van der Waals surface area contributed by atoms with Crippen LogP contribution in [0.25, 0.3) is 22.6 Å². The monoisotopic (exact) mass is 615 g/mol. The molecule has 0 bridgehead atoms. The molecule has 1 atom stereocenters. The Labute approximate surface area is 258 Å². The molecule has 5 aromatic rings. The highest BCUT2D eigenvalue weighted by Crippen LogP contribution is 2.32. The maximum Gasteiger partial charge on any atom is 0.251 e. The Kier molecular flexibility index (Phi) is 8.81. The zero-order valence-corrected chi connectivity index (χ0v) is 25.0. The van der Waals surface area contributed by atoms with E-state index in [1.54, 1.807) is 18.3 Å². The number of aryl methyl sites for hydroxylation is 1. The number of halogens is 3. The molecule has 0 aliphatic carbocycles. The molecule has 1 fully saturated rings. The van der Waals surface area contributed by atoms with Crippen molar-refractivity contribution in [3.63, 3.8) is 0 Å². The number of anilines is 1. The van der Waals surface area contributed by atoms with E-state index in [9.17, 15) is 13.6 Å². The molecular weight excluding hydrogens is 584 g/mol. The molecule has 0 unspecified atom stereocenters. The Balaban J connectivity index is 1.28. The second kappa shape index (κ2) is 13.1. The summed E-state index contributed by atoms with van der Waals surface area (Å²) < 4.78 is 29.1. The van der Waals surface area contributed by atoms with Gasteiger partial charge in [-0.15, -0.1) is 0 Å². The predicted molar refractivity (Wildman–Crippen MR) is 167 cm³/mol. The van der Waals surface area contributed by atoms with E-state index in [1.807, 2.05) is 37.3 Å². The first-order valence-electron chi connectivity index (χ1n) is 14.6. The first-order chi connectivity index (χ1) is 21.3. The lowest BCUT2D eigenvalue weighted by atomic mass is 9.99. The Bertz CT molecular complexity index is 1820. The van der Waals surface area contributed by atoms with Crippen LogP contribution in [-0.2, 0) is 19.6 Å². The molecule has 3 N–H and O–H groups in total. The third kappa shape index (κ3) is 6.71. The highest BCUT2D eigenvalue weighted by molar-refractivity contribution is 6.33. The summed E-state index contributed by atoms with van der Waals surface area (Å²) in [5, 5.41) is 9.93. The van der Waals surface area contributed by atoms with Crippen molar-refractivity contribution in [2.45, 2.75) is 39.4 Å². The van der Waals surface area contributed by atoms with Crippen molar-refractivity contribution in [3.8, 4) is 11.4 Å². The normalized spacial score (nSPS) is 15.0. The Morgan fingerprint density at radius 1 is 1.05 bits per heavy atom. The first-order valence-corrected chi connectivity index (χ1v) is 15.0. The number of carbonyl (C=O) groups is 1. The van der Waals surface area contributed by atoms with Gasteiger partial charge in [-0.3, -0.25) is 4.79 Å². The largest absolute Gasteiger partial charge is 0.350 e. The molecule has 0 saturated carbocycles. The minimum absolute atomic E-state index is 0.218. The fourth-order valence-corrected chi connectivity index (χ4v) is 5.76. The van der Waals surface area contributed by atoms with Crippen LogP contribution in [0.5, 0.6) is 0 Å². The molecule has 1 saturated heterocycles. The number of nitrogens with one attached hydrogen (secondary N) is 3. The number of hydrogen-bond acceptors (Lipinski definition) is 6. The van der Waals surface area contributed by atoms with Crippen molar-refractivity contribution in [2.75, 3.05) is 18.4 Å². The van der Waals surface area contributed by atoms with Gasteiger partial charge in [0.25, 0.3) is 5.91 Å². The number of rotatable bonds is 9. The number of fused-ring (bicyclic) bond motifs is 1. The van der Waals surface area contributed by atoms with Gasteiger partial charge in [-0.1, -0.05) is 47.5 Å². The van der Waals surface area contributed by atoms with Crippen LogP contribution in [0.4, 0.5) is 14.7 Å². The van der Waals surface area contributed by atoms with E-state index in [0.717, 1.165) is 49.2 Å². The average molecular weight is 616 g/mol. The molecule has 1 aliphatic rings. The van der Waals surface area contributed by atoms with Gasteiger partial charge >= 0.3 is 0 Å². The van der Waals surface area contributed by atoms with Crippen LogP contribution in [0.15, 0.2) is 66.9 Å². The van der Waals surface area contributed by atoms with Crippen LogP contribution in [0.3, 0.4) is 0 Å². The molecule has 0 spiro atoms. The molecular formula is C33H32ClF2N7O. The zero-order chi connectivity index (χ0) is 30.6. The number of amides is 1. The minimum Gasteiger partial charge on any atom is -0.350 e. The molecule has 8 nitrogen and oxygen atoms in total. The number of nitrogens with zero attached hydrogens (tertiary/aromatic N) is 4. The van der Waals surface area contributed by atoms with Gasteiger partial charge < -0.3 is 20.5 Å². The number of benzene rings is 3. The van der Waals surface area contributed by atoms with E-state index in [0.29, 0.717) is 63.7 Å². The molecule has 11 heteroatoms. The Morgan fingerprint density at radius 2 is 1.91 bits per heavy atom. The van der Waals surface area contributed by atoms with Crippen molar-refractivity contribution >= 4 is 34.6 Å². The smallest absolute Gasteiger partial charge is 0.251 e. The number of hydrogen-bond donors (Lipinski definition) is 3. The van der Waals surface area contributed by atoms with Crippen molar-refractivity contribution in [1.82, 2.24) is 30.2 Å². The van der Waals surface area contributed by atoms with Crippen LogP contribution in [-0.4, -0.2) is 38.5 Å². The van der Waals surface area contributed by atoms with Crippen molar-refractivity contribution in [2.24, 2.45) is 5.92 Å². The predicted octanol–water partition coefficient (Wildman–Crippen LogP) is 6.28. The summed E-state index contributed by atoms with van der Waals surface area (Å²) in [5.74, 6) is -0.688. The van der Waals surface area contributed by atoms with Gasteiger partial charge in [0.15, 0.2) is 17.3 Å². The minimum atomic E-state index is -0.906. The van der Waals surface area contributed by atoms with E-state index in [2.05, 4.69) is 25.5 Å². The van der Waals surface area contributed by atoms with Crippen LogP contribution >= 0.6 is 11.6 Å². The summed E-state index contributed by atoms with van der Waals surface area (Å²) in [6.45, 7) is 5.17. The number of carbonyl (C=O) groups excluding carboxylic acids is 1. The summed E-state index contributed by atoms with van der Waals surface area (Å²) in [4.78, 5) is 27.0. The zero-order valence-electron chi connectivity index (χ0n) is 24.2. The molecule has 3 heterocycles. The van der Waals surface area contributed by atoms with Crippen LogP contribution < -0.4 is 16.0 Å². The number of piperidine rings is 1. The van der Waals surface area contributed by atoms with Gasteiger partial charge in [-0.05, 0) is 80.2 Å². The summed E-state index contributed by atoms with van der Waals surface area (Å²) in [6, 6.07) is 17.0. The standard InChI is InChI=1S/C33H32ClF2N7O/c1-20-4-2-5-21(12-20)16-38-32(44)24-8-9-25(26(34)14-24)30-41-29-18-40-33(39-17-22-7-10-27(35)28(36)13-22)42-31(29)43(30)19-23-6-3-11-37-15-23/h2,4-5,7-10,12-14,18,23,37H,3,6,11,15-17,19H2,1H3,(H,38,44)(H,39,40,42)/t23-/m1/s1. The Morgan fingerprint density at radius 3 is 2.68 bits per heavy atom. The van der Waals surface area contributed by atoms with E-state index in [4.69, 9.17) is 21.6 Å². The topological polar surface area (TPSA) is 96.8 Å². The highest BCUT2D eigenvalue weighted by Gasteiger charge is 2.22. The quantitative estimate of drug-likeness (QED) is 0.181. The second-order valence-electron chi connectivity index (χ2n) is 11.1. The van der Waals surface area contributed by atoms with Crippen molar-refractivity contribution in [3.05, 3.63) is 106 Å². The summed E-state index contributed by atoms with van der Waals surface area (Å²) in [5.41, 5.74) is 5.07. The first kappa shape index (κ1) is 29.7. The number of imidazole rings is 1. The lowest BCUT2D eigenvalue weighted by Gasteiger charge is -2.24. The average Bonchev–Trinajstić information content (AvgIpc) is 3.38. The molecule has 44 heavy (non-hydrogen) atoms. The molecule has 0 radical (unpaired) electrons. The fraction of sp³-hybridized carbons (Fsp3) is 0.273. The van der Waals surface area contributed by atoms with Gasteiger partial charge in [-0.25, -0.2) is 18.7 Å². The molecule has 2 aromatic heterocycles. The summed E-state index contributed by atoms with van der Waals surface area (Å²) in [7, 11) is 0. The molecule has 1 amide bonds. The van der Waals surface area contributed by atoms with Gasteiger partial charge in [-0.2, -0.15) is 4.98 Å². The third-order valence-electron chi connectivity index (χ3n) is 7.77. The summed E-state index contributed by atoms with van der Waals surface area (Å²) in [6.07, 6.45) is 3.78. The second-order valence-corrected chi connectivity index (χ2v) is 11.5. The van der Waals surface area contributed by atoms with Gasteiger partial charge in [0.05, 0.1) is 11.2 Å². The van der Waals surface area contributed by atoms with E-state index in [-0.39, 0.29) is 12.5 Å². The fourth-order valence-electron chi connectivity index (χ4n) is 5.50. The molecule has 6 rings (SSSR count). The molecule has 3 aromatic carbocycles. The summed E-state index contributed by atoms with van der Waals surface area (Å²) >= 11 is 6.81. The van der Waals surface area contributed by atoms with Crippen LogP contribution in [0, 0.1) is 24.5 Å². The Hall–Kier alpha value is -4.41. The number of aromatic nitrogens is 4. The van der Waals surface area contributed by atoms with Gasteiger partial charge in [0.1, 0.15) is 11.3 Å². The maximum atomic E-state index is 13.7. The van der Waals surface area contributed by atoms with Crippen molar-refractivity contribution in [1.29, 1.82) is 0 Å². The van der Waals surface area contributed by atoms with E-state index >= 15 is 0 Å².